The molecule has 1 aromatic carbocycles. The summed E-state index contributed by atoms with van der Waals surface area (Å²) in [7, 11) is -3.27. The molecule has 0 saturated carbocycles. The van der Waals surface area contributed by atoms with E-state index in [4.69, 9.17) is 9.84 Å². The molecule has 0 heterocycles. The van der Waals surface area contributed by atoms with Crippen molar-refractivity contribution >= 4 is 16.0 Å². The van der Waals surface area contributed by atoms with Crippen molar-refractivity contribution in [1.29, 1.82) is 0 Å². The Hall–Kier alpha value is -1.60. The molecule has 0 amide bonds. The van der Waals surface area contributed by atoms with E-state index in [-0.39, 0.29) is 12.2 Å². The highest BCUT2D eigenvalue weighted by Gasteiger charge is 2.10. The zero-order valence-electron chi connectivity index (χ0n) is 10.1. The molecule has 2 N–H and O–H groups in total. The molecular formula is C11H15NO5S. The molecule has 0 saturated heterocycles. The quantitative estimate of drug-likeness (QED) is 0.796. The minimum Gasteiger partial charge on any atom is -0.492 e. The molecule has 0 spiro atoms. The van der Waals surface area contributed by atoms with E-state index in [1.54, 1.807) is 19.1 Å². The van der Waals surface area contributed by atoms with Crippen molar-refractivity contribution in [3.05, 3.63) is 29.8 Å². The third-order valence-electron chi connectivity index (χ3n) is 2.00. The van der Waals surface area contributed by atoms with Crippen LogP contribution in [-0.2, 0) is 10.0 Å². The molecule has 18 heavy (non-hydrogen) atoms. The fraction of sp³-hybridized carbons (Fsp3) is 0.364. The van der Waals surface area contributed by atoms with Gasteiger partial charge in [-0.25, -0.2) is 17.9 Å². The predicted octanol–water partition coefficient (Wildman–Crippen LogP) is 0.701. The lowest BCUT2D eigenvalue weighted by atomic mass is 10.2. The SMILES string of the molecule is CC(COc1cccc(C(=O)O)c1)NS(C)(=O)=O. The Morgan fingerprint density at radius 2 is 2.17 bits per heavy atom. The van der Waals surface area contributed by atoms with Gasteiger partial charge in [0.05, 0.1) is 17.9 Å². The van der Waals surface area contributed by atoms with Crippen LogP contribution >= 0.6 is 0 Å². The zero-order valence-corrected chi connectivity index (χ0v) is 10.9. The summed E-state index contributed by atoms with van der Waals surface area (Å²) in [5.41, 5.74) is 0.122. The van der Waals surface area contributed by atoms with Crippen LogP contribution in [0.4, 0.5) is 0 Å². The van der Waals surface area contributed by atoms with Crippen LogP contribution in [0.2, 0.25) is 0 Å². The average molecular weight is 273 g/mol. The van der Waals surface area contributed by atoms with Crippen molar-refractivity contribution < 1.29 is 23.1 Å². The lowest BCUT2D eigenvalue weighted by Crippen LogP contribution is -2.35. The van der Waals surface area contributed by atoms with Crippen LogP contribution in [-0.4, -0.2) is 38.4 Å². The molecule has 7 heteroatoms. The molecule has 0 aliphatic carbocycles. The molecule has 100 valence electrons. The molecule has 0 bridgehead atoms. The van der Waals surface area contributed by atoms with Crippen LogP contribution in [0.1, 0.15) is 17.3 Å². The van der Waals surface area contributed by atoms with Gasteiger partial charge in [-0.15, -0.1) is 0 Å². The van der Waals surface area contributed by atoms with Gasteiger partial charge in [0.25, 0.3) is 0 Å². The number of benzene rings is 1. The molecular weight excluding hydrogens is 258 g/mol. The Bertz CT molecular complexity index is 526. The Morgan fingerprint density at radius 1 is 1.50 bits per heavy atom. The fourth-order valence-electron chi connectivity index (χ4n) is 1.34. The van der Waals surface area contributed by atoms with Crippen LogP contribution in [0, 0.1) is 0 Å². The maximum absolute atomic E-state index is 11.0. The van der Waals surface area contributed by atoms with E-state index in [0.717, 1.165) is 6.26 Å². The summed E-state index contributed by atoms with van der Waals surface area (Å²) in [5.74, 6) is -0.653. The Labute approximate surface area is 106 Å². The van der Waals surface area contributed by atoms with E-state index in [9.17, 15) is 13.2 Å². The number of aromatic carboxylic acids is 1. The molecule has 6 nitrogen and oxygen atoms in total. The van der Waals surface area contributed by atoms with Gasteiger partial charge >= 0.3 is 5.97 Å². The second-order valence-electron chi connectivity index (χ2n) is 3.94. The monoisotopic (exact) mass is 273 g/mol. The van der Waals surface area contributed by atoms with Gasteiger partial charge in [0.2, 0.25) is 10.0 Å². The lowest BCUT2D eigenvalue weighted by Gasteiger charge is -2.13. The van der Waals surface area contributed by atoms with Crippen molar-refractivity contribution in [2.45, 2.75) is 13.0 Å². The molecule has 1 aromatic rings. The summed E-state index contributed by atoms with van der Waals surface area (Å²) in [6.07, 6.45) is 1.06. The van der Waals surface area contributed by atoms with Gasteiger partial charge in [0.15, 0.2) is 0 Å². The molecule has 0 aliphatic heterocycles. The highest BCUT2D eigenvalue weighted by Crippen LogP contribution is 2.13. The maximum atomic E-state index is 11.0. The Morgan fingerprint density at radius 3 is 2.72 bits per heavy atom. The third-order valence-corrected chi connectivity index (χ3v) is 2.83. The standard InChI is InChI=1S/C11H15NO5S/c1-8(12-18(2,15)16)7-17-10-5-3-4-9(6-10)11(13)14/h3-6,8,12H,7H2,1-2H3,(H,13,14). The Balaban J connectivity index is 2.58. The topological polar surface area (TPSA) is 92.7 Å². The molecule has 0 aliphatic rings. The van der Waals surface area contributed by atoms with E-state index >= 15 is 0 Å². The van der Waals surface area contributed by atoms with Crippen LogP contribution in [0.3, 0.4) is 0 Å². The number of hydrogen-bond acceptors (Lipinski definition) is 4. The number of sulfonamides is 1. The molecule has 1 unspecified atom stereocenters. The number of carboxylic acids is 1. The molecule has 0 fully saturated rings. The van der Waals surface area contributed by atoms with Crippen molar-refractivity contribution in [3.8, 4) is 5.75 Å². The van der Waals surface area contributed by atoms with Crippen LogP contribution in [0.15, 0.2) is 24.3 Å². The number of hydrogen-bond donors (Lipinski definition) is 2. The number of ether oxygens (including phenoxy) is 1. The zero-order chi connectivity index (χ0) is 13.8. The first-order chi connectivity index (χ1) is 8.28. The largest absolute Gasteiger partial charge is 0.492 e. The number of carbonyl (C=O) groups is 1. The summed E-state index contributed by atoms with van der Waals surface area (Å²) >= 11 is 0. The predicted molar refractivity (Wildman–Crippen MR) is 66.3 cm³/mol. The van der Waals surface area contributed by atoms with Gasteiger partial charge in [-0.3, -0.25) is 0 Å². The summed E-state index contributed by atoms with van der Waals surface area (Å²) in [6.45, 7) is 1.78. The van der Waals surface area contributed by atoms with Gasteiger partial charge in [0, 0.05) is 0 Å². The highest BCUT2D eigenvalue weighted by atomic mass is 32.2. The highest BCUT2D eigenvalue weighted by molar-refractivity contribution is 7.88. The van der Waals surface area contributed by atoms with Gasteiger partial charge in [-0.1, -0.05) is 6.07 Å². The summed E-state index contributed by atoms with van der Waals surface area (Å²) in [5, 5.41) is 8.79. The first kappa shape index (κ1) is 14.5. The molecule has 1 rings (SSSR count). The van der Waals surface area contributed by atoms with E-state index in [1.807, 2.05) is 0 Å². The minimum atomic E-state index is -3.27. The number of rotatable bonds is 6. The first-order valence-corrected chi connectivity index (χ1v) is 7.10. The van der Waals surface area contributed by atoms with E-state index in [2.05, 4.69) is 4.72 Å². The third kappa shape index (κ3) is 5.15. The normalized spacial score (nSPS) is 13.0. The summed E-state index contributed by atoms with van der Waals surface area (Å²) < 4.78 is 29.6. The van der Waals surface area contributed by atoms with E-state index < -0.39 is 22.0 Å². The van der Waals surface area contributed by atoms with Crippen LogP contribution < -0.4 is 9.46 Å². The number of nitrogens with one attached hydrogen (secondary N) is 1. The Kier molecular flexibility index (Phi) is 4.69. The molecule has 0 radical (unpaired) electrons. The van der Waals surface area contributed by atoms with E-state index in [0.29, 0.717) is 5.75 Å². The van der Waals surface area contributed by atoms with Crippen LogP contribution in [0.25, 0.3) is 0 Å². The van der Waals surface area contributed by atoms with Crippen molar-refractivity contribution in [1.82, 2.24) is 4.72 Å². The van der Waals surface area contributed by atoms with Gasteiger partial charge < -0.3 is 9.84 Å². The van der Waals surface area contributed by atoms with Gasteiger partial charge in [0.1, 0.15) is 12.4 Å². The van der Waals surface area contributed by atoms with Crippen molar-refractivity contribution in [2.75, 3.05) is 12.9 Å². The van der Waals surface area contributed by atoms with Crippen molar-refractivity contribution in [2.24, 2.45) is 0 Å². The molecule has 0 aromatic heterocycles. The van der Waals surface area contributed by atoms with Crippen LogP contribution in [0.5, 0.6) is 5.75 Å². The van der Waals surface area contributed by atoms with Crippen molar-refractivity contribution in [3.63, 3.8) is 0 Å². The average Bonchev–Trinajstić information content (AvgIpc) is 2.24. The maximum Gasteiger partial charge on any atom is 0.335 e. The lowest BCUT2D eigenvalue weighted by molar-refractivity contribution is 0.0696. The molecule has 1 atom stereocenters. The second kappa shape index (κ2) is 5.83. The minimum absolute atomic E-state index is 0.121. The first-order valence-electron chi connectivity index (χ1n) is 5.21. The second-order valence-corrected chi connectivity index (χ2v) is 5.72. The summed E-state index contributed by atoms with van der Waals surface area (Å²) in [6, 6.07) is 5.61. The summed E-state index contributed by atoms with van der Waals surface area (Å²) in [4.78, 5) is 10.7. The smallest absolute Gasteiger partial charge is 0.335 e. The van der Waals surface area contributed by atoms with Gasteiger partial charge in [-0.2, -0.15) is 0 Å². The fourth-order valence-corrected chi connectivity index (χ4v) is 2.14. The van der Waals surface area contributed by atoms with Gasteiger partial charge in [-0.05, 0) is 25.1 Å². The van der Waals surface area contributed by atoms with E-state index in [1.165, 1.54) is 12.1 Å². The number of carboxylic acid groups (broad SMARTS) is 1.